The van der Waals surface area contributed by atoms with Crippen LogP contribution in [0.4, 0.5) is 0 Å². The van der Waals surface area contributed by atoms with E-state index in [0.29, 0.717) is 11.3 Å². The van der Waals surface area contributed by atoms with Gasteiger partial charge in [0, 0.05) is 0 Å². The monoisotopic (exact) mass is 273 g/mol. The molecular weight excluding hydrogens is 242 g/mol. The number of hydrogen-bond donors (Lipinski definition) is 1. The minimum absolute atomic E-state index is 0.366. The largest absolute Gasteiger partial charge is 0.330 e. The second-order valence-corrected chi connectivity index (χ2v) is 7.13. The minimum atomic E-state index is 0.366. The Morgan fingerprint density at radius 3 is 2.20 bits per heavy atom. The highest BCUT2D eigenvalue weighted by molar-refractivity contribution is 5.25. The van der Waals surface area contributed by atoms with Crippen molar-refractivity contribution in [3.05, 3.63) is 35.4 Å². The fourth-order valence-corrected chi connectivity index (χ4v) is 3.60. The third-order valence-corrected chi connectivity index (χ3v) is 5.40. The fourth-order valence-electron chi connectivity index (χ4n) is 3.60. The summed E-state index contributed by atoms with van der Waals surface area (Å²) in [6.45, 7) is 7.67. The van der Waals surface area contributed by atoms with Gasteiger partial charge in [-0.05, 0) is 67.0 Å². The van der Waals surface area contributed by atoms with Crippen LogP contribution in [0.15, 0.2) is 24.3 Å². The Balaban J connectivity index is 2.03. The van der Waals surface area contributed by atoms with Crippen LogP contribution in [0.25, 0.3) is 0 Å². The van der Waals surface area contributed by atoms with Crippen molar-refractivity contribution in [2.75, 3.05) is 6.54 Å². The predicted molar refractivity (Wildman–Crippen MR) is 88.0 cm³/mol. The Labute approximate surface area is 125 Å². The van der Waals surface area contributed by atoms with Gasteiger partial charge in [-0.1, -0.05) is 51.5 Å². The zero-order chi connectivity index (χ0) is 14.6. The molecule has 0 unspecified atom stereocenters. The summed E-state index contributed by atoms with van der Waals surface area (Å²) in [5.41, 5.74) is 9.42. The van der Waals surface area contributed by atoms with Crippen molar-refractivity contribution in [2.24, 2.45) is 17.1 Å². The molecule has 0 aromatic heterocycles. The third kappa shape index (κ3) is 3.63. The average Bonchev–Trinajstić information content (AvgIpc) is 2.48. The molecule has 1 aromatic carbocycles. The predicted octanol–water partition coefficient (Wildman–Crippen LogP) is 4.90. The van der Waals surface area contributed by atoms with E-state index in [9.17, 15) is 0 Å². The second kappa shape index (κ2) is 6.76. The molecule has 0 amide bonds. The number of hydrogen-bond acceptors (Lipinski definition) is 1. The first-order chi connectivity index (χ1) is 9.58. The lowest BCUT2D eigenvalue weighted by Crippen LogP contribution is -2.36. The maximum Gasteiger partial charge on any atom is -0.00173 e. The molecular formula is C19H31N. The van der Waals surface area contributed by atoms with Crippen LogP contribution in [0.5, 0.6) is 0 Å². The SMILES string of the molecule is CCC1CCC(CN)(Cc2ccc(C(C)C)cc2)CC1. The Morgan fingerprint density at radius 1 is 1.15 bits per heavy atom. The lowest BCUT2D eigenvalue weighted by molar-refractivity contribution is 0.153. The number of nitrogens with two attached hydrogens (primary N) is 1. The zero-order valence-electron chi connectivity index (χ0n) is 13.5. The van der Waals surface area contributed by atoms with Crippen LogP contribution in [0, 0.1) is 11.3 Å². The summed E-state index contributed by atoms with van der Waals surface area (Å²) in [6.07, 6.45) is 7.87. The van der Waals surface area contributed by atoms with Gasteiger partial charge < -0.3 is 5.73 Å². The second-order valence-electron chi connectivity index (χ2n) is 7.13. The molecule has 0 atom stereocenters. The van der Waals surface area contributed by atoms with E-state index < -0.39 is 0 Å². The van der Waals surface area contributed by atoms with E-state index in [-0.39, 0.29) is 0 Å². The molecule has 112 valence electrons. The summed E-state index contributed by atoms with van der Waals surface area (Å²) < 4.78 is 0. The Kier molecular flexibility index (Phi) is 5.26. The average molecular weight is 273 g/mol. The van der Waals surface area contributed by atoms with Crippen LogP contribution in [-0.4, -0.2) is 6.54 Å². The zero-order valence-corrected chi connectivity index (χ0v) is 13.5. The summed E-state index contributed by atoms with van der Waals surface area (Å²) in [5, 5.41) is 0. The maximum atomic E-state index is 6.15. The van der Waals surface area contributed by atoms with Gasteiger partial charge in [0.05, 0.1) is 0 Å². The molecule has 0 bridgehead atoms. The van der Waals surface area contributed by atoms with Crippen molar-refractivity contribution in [1.82, 2.24) is 0 Å². The normalized spacial score (nSPS) is 26.9. The standard InChI is InChI=1S/C19H31N/c1-4-16-9-11-19(14-20,12-10-16)13-17-5-7-18(8-6-17)15(2)3/h5-8,15-16H,4,9-14,20H2,1-3H3. The quantitative estimate of drug-likeness (QED) is 0.811. The minimum Gasteiger partial charge on any atom is -0.330 e. The Bertz CT molecular complexity index is 396. The van der Waals surface area contributed by atoms with Crippen molar-refractivity contribution in [3.8, 4) is 0 Å². The van der Waals surface area contributed by atoms with Gasteiger partial charge >= 0.3 is 0 Å². The lowest BCUT2D eigenvalue weighted by atomic mass is 9.67. The molecule has 1 heteroatoms. The van der Waals surface area contributed by atoms with E-state index in [1.54, 1.807) is 0 Å². The summed E-state index contributed by atoms with van der Waals surface area (Å²) in [5.74, 6) is 1.56. The molecule has 0 saturated heterocycles. The molecule has 1 aromatic rings. The van der Waals surface area contributed by atoms with E-state index in [1.165, 1.54) is 43.2 Å². The number of rotatable bonds is 5. The van der Waals surface area contributed by atoms with Crippen LogP contribution >= 0.6 is 0 Å². The van der Waals surface area contributed by atoms with Crippen molar-refractivity contribution in [1.29, 1.82) is 0 Å². The molecule has 0 radical (unpaired) electrons. The molecule has 0 heterocycles. The van der Waals surface area contributed by atoms with Gasteiger partial charge in [-0.3, -0.25) is 0 Å². The molecule has 2 rings (SSSR count). The molecule has 0 aliphatic heterocycles. The van der Waals surface area contributed by atoms with Crippen LogP contribution in [0.2, 0.25) is 0 Å². The first kappa shape index (κ1) is 15.6. The van der Waals surface area contributed by atoms with Crippen LogP contribution < -0.4 is 5.73 Å². The van der Waals surface area contributed by atoms with E-state index >= 15 is 0 Å². The van der Waals surface area contributed by atoms with E-state index in [1.807, 2.05) is 0 Å². The molecule has 1 aliphatic rings. The van der Waals surface area contributed by atoms with Crippen LogP contribution in [0.3, 0.4) is 0 Å². The van der Waals surface area contributed by atoms with Gasteiger partial charge in [0.15, 0.2) is 0 Å². The van der Waals surface area contributed by atoms with Gasteiger partial charge in [0.1, 0.15) is 0 Å². The maximum absolute atomic E-state index is 6.15. The summed E-state index contributed by atoms with van der Waals surface area (Å²) in [4.78, 5) is 0. The summed E-state index contributed by atoms with van der Waals surface area (Å²) in [6, 6.07) is 9.22. The van der Waals surface area contributed by atoms with Crippen molar-refractivity contribution in [2.45, 2.75) is 65.2 Å². The van der Waals surface area contributed by atoms with Gasteiger partial charge in [-0.25, -0.2) is 0 Å². The Hall–Kier alpha value is -0.820. The van der Waals surface area contributed by atoms with Crippen molar-refractivity contribution >= 4 is 0 Å². The third-order valence-electron chi connectivity index (χ3n) is 5.40. The van der Waals surface area contributed by atoms with E-state index in [4.69, 9.17) is 5.73 Å². The molecule has 20 heavy (non-hydrogen) atoms. The highest BCUT2D eigenvalue weighted by atomic mass is 14.6. The highest BCUT2D eigenvalue weighted by Crippen LogP contribution is 2.41. The smallest absolute Gasteiger partial charge is 0.00173 e. The van der Waals surface area contributed by atoms with Gasteiger partial charge in [-0.2, -0.15) is 0 Å². The van der Waals surface area contributed by atoms with Gasteiger partial charge in [0.2, 0.25) is 0 Å². The number of benzene rings is 1. The lowest BCUT2D eigenvalue weighted by Gasteiger charge is -2.39. The van der Waals surface area contributed by atoms with Crippen molar-refractivity contribution < 1.29 is 0 Å². The Morgan fingerprint density at radius 2 is 1.75 bits per heavy atom. The highest BCUT2D eigenvalue weighted by Gasteiger charge is 2.33. The topological polar surface area (TPSA) is 26.0 Å². The van der Waals surface area contributed by atoms with Crippen molar-refractivity contribution in [3.63, 3.8) is 0 Å². The molecule has 1 fully saturated rings. The first-order valence-electron chi connectivity index (χ1n) is 8.37. The van der Waals surface area contributed by atoms with E-state index in [2.05, 4.69) is 45.0 Å². The molecule has 1 nitrogen and oxygen atoms in total. The van der Waals surface area contributed by atoms with Crippen LogP contribution in [0.1, 0.15) is 69.9 Å². The summed E-state index contributed by atoms with van der Waals surface area (Å²) in [7, 11) is 0. The molecule has 1 saturated carbocycles. The molecule has 2 N–H and O–H groups in total. The van der Waals surface area contributed by atoms with Crippen LogP contribution in [-0.2, 0) is 6.42 Å². The van der Waals surface area contributed by atoms with Gasteiger partial charge in [0.25, 0.3) is 0 Å². The fraction of sp³-hybridized carbons (Fsp3) is 0.684. The molecule has 0 spiro atoms. The molecule has 1 aliphatic carbocycles. The van der Waals surface area contributed by atoms with E-state index in [0.717, 1.165) is 18.9 Å². The van der Waals surface area contributed by atoms with Gasteiger partial charge in [-0.15, -0.1) is 0 Å². The first-order valence-corrected chi connectivity index (χ1v) is 8.37. The summed E-state index contributed by atoms with van der Waals surface area (Å²) >= 11 is 0.